The van der Waals surface area contributed by atoms with E-state index in [1.807, 2.05) is 31.4 Å². The predicted octanol–water partition coefficient (Wildman–Crippen LogP) is 2.76. The Morgan fingerprint density at radius 2 is 2.15 bits per heavy atom. The lowest BCUT2D eigenvalue weighted by Gasteiger charge is -2.26. The second-order valence-corrected chi connectivity index (χ2v) is 6.60. The molecule has 1 aliphatic heterocycles. The van der Waals surface area contributed by atoms with Crippen molar-refractivity contribution in [1.82, 2.24) is 5.32 Å². The van der Waals surface area contributed by atoms with Crippen LogP contribution >= 0.6 is 11.3 Å². The number of nitrogens with one attached hydrogen (secondary N) is 1. The average molecular weight is 297 g/mol. The molecule has 2 rings (SSSR count). The van der Waals surface area contributed by atoms with Crippen LogP contribution in [0.5, 0.6) is 0 Å². The molecular formula is C15H23NO3S. The number of hydrogen-bond donors (Lipinski definition) is 1. The highest BCUT2D eigenvalue weighted by Crippen LogP contribution is 2.26. The second-order valence-electron chi connectivity index (χ2n) is 5.62. The Hall–Kier alpha value is -0.910. The molecule has 1 aromatic heterocycles. The standard InChI is InChI=1S/C15H23NO3S/c1-11(9-15(3)18-6-7-19-15)10-16-14(17)12(2)13-5-4-8-20-13/h4-5,8,11-12H,6-7,9-10H2,1-3H3,(H,16,17)/t11-,12-/m1/s1. The topological polar surface area (TPSA) is 47.6 Å². The Bertz CT molecular complexity index is 426. The number of hydrogen-bond acceptors (Lipinski definition) is 4. The van der Waals surface area contributed by atoms with Crippen molar-refractivity contribution in [1.29, 1.82) is 0 Å². The zero-order chi connectivity index (χ0) is 14.6. The van der Waals surface area contributed by atoms with Crippen molar-refractivity contribution in [2.45, 2.75) is 38.9 Å². The van der Waals surface area contributed by atoms with Gasteiger partial charge in [-0.05, 0) is 31.2 Å². The predicted molar refractivity (Wildman–Crippen MR) is 79.8 cm³/mol. The van der Waals surface area contributed by atoms with Crippen LogP contribution in [0.3, 0.4) is 0 Å². The van der Waals surface area contributed by atoms with Gasteiger partial charge in [0.05, 0.1) is 19.1 Å². The molecule has 5 heteroatoms. The molecule has 20 heavy (non-hydrogen) atoms. The van der Waals surface area contributed by atoms with Gasteiger partial charge < -0.3 is 14.8 Å². The third-order valence-electron chi connectivity index (χ3n) is 3.61. The highest BCUT2D eigenvalue weighted by atomic mass is 32.1. The van der Waals surface area contributed by atoms with Crippen LogP contribution in [0.15, 0.2) is 17.5 Å². The fraction of sp³-hybridized carbons (Fsp3) is 0.667. The summed E-state index contributed by atoms with van der Waals surface area (Å²) in [6.07, 6.45) is 0.792. The number of amides is 1. The third-order valence-corrected chi connectivity index (χ3v) is 4.66. The maximum atomic E-state index is 12.1. The van der Waals surface area contributed by atoms with E-state index >= 15 is 0 Å². The lowest BCUT2D eigenvalue weighted by molar-refractivity contribution is -0.154. The molecule has 1 aromatic rings. The molecule has 1 amide bonds. The first-order valence-corrected chi connectivity index (χ1v) is 7.97. The van der Waals surface area contributed by atoms with Crippen LogP contribution < -0.4 is 5.32 Å². The van der Waals surface area contributed by atoms with E-state index in [2.05, 4.69) is 12.2 Å². The lowest BCUT2D eigenvalue weighted by Crippen LogP contribution is -2.35. The first kappa shape index (κ1) is 15.5. The quantitative estimate of drug-likeness (QED) is 0.878. The lowest BCUT2D eigenvalue weighted by atomic mass is 10.0. The molecule has 4 nitrogen and oxygen atoms in total. The molecule has 0 bridgehead atoms. The van der Waals surface area contributed by atoms with Gasteiger partial charge in [-0.2, -0.15) is 0 Å². The van der Waals surface area contributed by atoms with Gasteiger partial charge in [0.2, 0.25) is 5.91 Å². The van der Waals surface area contributed by atoms with Crippen LogP contribution in [0, 0.1) is 5.92 Å². The van der Waals surface area contributed by atoms with Crippen LogP contribution in [-0.4, -0.2) is 31.5 Å². The molecule has 1 saturated heterocycles. The van der Waals surface area contributed by atoms with E-state index < -0.39 is 5.79 Å². The van der Waals surface area contributed by atoms with E-state index in [0.717, 1.165) is 11.3 Å². The van der Waals surface area contributed by atoms with E-state index in [4.69, 9.17) is 9.47 Å². The molecule has 0 aliphatic carbocycles. The van der Waals surface area contributed by atoms with Crippen LogP contribution in [0.1, 0.15) is 38.0 Å². The Balaban J connectivity index is 1.75. The van der Waals surface area contributed by atoms with E-state index in [1.54, 1.807) is 11.3 Å². The number of carbonyl (C=O) groups is 1. The summed E-state index contributed by atoms with van der Waals surface area (Å²) in [6, 6.07) is 3.97. The summed E-state index contributed by atoms with van der Waals surface area (Å²) < 4.78 is 11.2. The molecule has 1 fully saturated rings. The van der Waals surface area contributed by atoms with Gasteiger partial charge in [0.15, 0.2) is 5.79 Å². The number of carbonyl (C=O) groups excluding carboxylic acids is 1. The summed E-state index contributed by atoms with van der Waals surface area (Å²) in [5.74, 6) is -0.171. The highest BCUT2D eigenvalue weighted by Gasteiger charge is 2.32. The largest absolute Gasteiger partial charge is 0.355 e. The molecule has 0 aromatic carbocycles. The van der Waals surface area contributed by atoms with Gasteiger partial charge in [-0.1, -0.05) is 13.0 Å². The monoisotopic (exact) mass is 297 g/mol. The summed E-state index contributed by atoms with van der Waals surface area (Å²) in [5, 5.41) is 5.02. The molecule has 112 valence electrons. The van der Waals surface area contributed by atoms with Gasteiger partial charge in [-0.3, -0.25) is 4.79 Å². The maximum absolute atomic E-state index is 12.1. The van der Waals surface area contributed by atoms with Crippen molar-refractivity contribution >= 4 is 17.2 Å². The summed E-state index contributed by atoms with van der Waals surface area (Å²) in [7, 11) is 0. The molecule has 0 radical (unpaired) electrons. The van der Waals surface area contributed by atoms with Gasteiger partial charge in [0, 0.05) is 17.8 Å². The Kier molecular flexibility index (Phi) is 5.18. The van der Waals surface area contributed by atoms with Gasteiger partial charge in [0.25, 0.3) is 0 Å². The Labute approximate surface area is 124 Å². The normalized spacial score (nSPS) is 20.6. The molecule has 0 spiro atoms. The SMILES string of the molecule is C[C@@H](CNC(=O)[C@H](C)c1cccs1)CC1(C)OCCO1. The molecular weight excluding hydrogens is 274 g/mol. The zero-order valence-electron chi connectivity index (χ0n) is 12.3. The minimum atomic E-state index is -0.483. The van der Waals surface area contributed by atoms with Crippen molar-refractivity contribution < 1.29 is 14.3 Å². The van der Waals surface area contributed by atoms with Crippen molar-refractivity contribution in [2.75, 3.05) is 19.8 Å². The summed E-state index contributed by atoms with van der Waals surface area (Å²) in [6.45, 7) is 7.97. The van der Waals surface area contributed by atoms with Gasteiger partial charge in [-0.15, -0.1) is 11.3 Å². The Morgan fingerprint density at radius 1 is 1.45 bits per heavy atom. The van der Waals surface area contributed by atoms with Crippen LogP contribution in [0.25, 0.3) is 0 Å². The van der Waals surface area contributed by atoms with Crippen LogP contribution in [0.4, 0.5) is 0 Å². The fourth-order valence-corrected chi connectivity index (χ4v) is 3.26. The summed E-state index contributed by atoms with van der Waals surface area (Å²) in [5.41, 5.74) is 0. The van der Waals surface area contributed by atoms with E-state index in [0.29, 0.717) is 25.7 Å². The summed E-state index contributed by atoms with van der Waals surface area (Å²) >= 11 is 1.62. The van der Waals surface area contributed by atoms with Crippen molar-refractivity contribution in [3.05, 3.63) is 22.4 Å². The second kappa shape index (κ2) is 6.70. The third kappa shape index (κ3) is 4.04. The highest BCUT2D eigenvalue weighted by molar-refractivity contribution is 7.10. The number of rotatable bonds is 6. The summed E-state index contributed by atoms with van der Waals surface area (Å²) in [4.78, 5) is 13.2. The van der Waals surface area contributed by atoms with Gasteiger partial charge in [-0.25, -0.2) is 0 Å². The van der Waals surface area contributed by atoms with Gasteiger partial charge >= 0.3 is 0 Å². The average Bonchev–Trinajstić information content (AvgIpc) is 3.06. The maximum Gasteiger partial charge on any atom is 0.228 e. The molecule has 0 saturated carbocycles. The minimum absolute atomic E-state index is 0.0812. The molecule has 1 aliphatic rings. The molecule has 1 N–H and O–H groups in total. The Morgan fingerprint density at radius 3 is 2.75 bits per heavy atom. The van der Waals surface area contributed by atoms with Crippen LogP contribution in [0.2, 0.25) is 0 Å². The molecule has 2 atom stereocenters. The number of thiophene rings is 1. The van der Waals surface area contributed by atoms with Gasteiger partial charge in [0.1, 0.15) is 0 Å². The first-order valence-electron chi connectivity index (χ1n) is 7.09. The van der Waals surface area contributed by atoms with E-state index in [-0.39, 0.29) is 11.8 Å². The smallest absolute Gasteiger partial charge is 0.228 e. The minimum Gasteiger partial charge on any atom is -0.355 e. The zero-order valence-corrected chi connectivity index (χ0v) is 13.2. The first-order chi connectivity index (χ1) is 9.50. The molecule has 0 unspecified atom stereocenters. The van der Waals surface area contributed by atoms with Crippen molar-refractivity contribution in [3.8, 4) is 0 Å². The number of ether oxygens (including phenoxy) is 2. The molecule has 2 heterocycles. The van der Waals surface area contributed by atoms with Crippen LogP contribution in [-0.2, 0) is 14.3 Å². The van der Waals surface area contributed by atoms with Crippen molar-refractivity contribution in [3.63, 3.8) is 0 Å². The van der Waals surface area contributed by atoms with E-state index in [9.17, 15) is 4.79 Å². The van der Waals surface area contributed by atoms with Crippen molar-refractivity contribution in [2.24, 2.45) is 5.92 Å². The van der Waals surface area contributed by atoms with E-state index in [1.165, 1.54) is 0 Å². The fourth-order valence-electron chi connectivity index (χ4n) is 2.47.